The number of benzene rings is 2. The minimum Gasteiger partial charge on any atom is -0.490 e. The van der Waals surface area contributed by atoms with Gasteiger partial charge in [0.25, 0.3) is 0 Å². The number of fused-ring (bicyclic) bond motifs is 1. The molecule has 0 atom stereocenters. The molecule has 2 amide bonds. The summed E-state index contributed by atoms with van der Waals surface area (Å²) >= 11 is 1.74. The highest BCUT2D eigenvalue weighted by Crippen LogP contribution is 2.34. The maximum absolute atomic E-state index is 13.4. The van der Waals surface area contributed by atoms with E-state index in [0.29, 0.717) is 26.1 Å². The van der Waals surface area contributed by atoms with Gasteiger partial charge in [-0.3, -0.25) is 9.59 Å². The van der Waals surface area contributed by atoms with E-state index in [2.05, 4.69) is 5.32 Å². The number of rotatable bonds is 8. The smallest absolute Gasteiger partial charge is 0.227 e. The standard InChI is InChI=1S/C21H23FN2O3S/c22-16-6-1-3-8-18(16)27-14-5-12-23-20(25)10-11-21(26)24-13-15-28-19-9-4-2-7-17(19)24/h1-4,6-9H,5,10-15H2,(H,23,25). The summed E-state index contributed by atoms with van der Waals surface area (Å²) in [6, 6.07) is 14.0. The minimum atomic E-state index is -0.400. The van der Waals surface area contributed by atoms with Crippen LogP contribution in [0.3, 0.4) is 0 Å². The molecule has 0 bridgehead atoms. The number of halogens is 1. The maximum Gasteiger partial charge on any atom is 0.227 e. The molecule has 0 spiro atoms. The van der Waals surface area contributed by atoms with E-state index in [4.69, 9.17) is 4.74 Å². The van der Waals surface area contributed by atoms with E-state index in [9.17, 15) is 14.0 Å². The lowest BCUT2D eigenvalue weighted by atomic mass is 10.2. The van der Waals surface area contributed by atoms with Gasteiger partial charge in [-0.05, 0) is 30.7 Å². The molecule has 1 aliphatic heterocycles. The van der Waals surface area contributed by atoms with Gasteiger partial charge in [-0.15, -0.1) is 11.8 Å². The van der Waals surface area contributed by atoms with Crippen LogP contribution in [-0.2, 0) is 9.59 Å². The van der Waals surface area contributed by atoms with E-state index in [1.165, 1.54) is 6.07 Å². The number of hydrogen-bond acceptors (Lipinski definition) is 4. The normalized spacial score (nSPS) is 13.0. The lowest BCUT2D eigenvalue weighted by Crippen LogP contribution is -2.36. The summed E-state index contributed by atoms with van der Waals surface area (Å²) in [5.41, 5.74) is 0.925. The lowest BCUT2D eigenvalue weighted by Gasteiger charge is -2.29. The topological polar surface area (TPSA) is 58.6 Å². The third-order valence-corrected chi connectivity index (χ3v) is 5.38. The van der Waals surface area contributed by atoms with Crippen molar-refractivity contribution in [1.29, 1.82) is 0 Å². The SMILES string of the molecule is O=C(CCC(=O)N1CCSc2ccccc21)NCCCOc1ccccc1F. The second-order valence-electron chi connectivity index (χ2n) is 6.34. The van der Waals surface area contributed by atoms with Crippen LogP contribution in [0.15, 0.2) is 53.4 Å². The highest BCUT2D eigenvalue weighted by molar-refractivity contribution is 7.99. The molecule has 0 saturated heterocycles. The van der Waals surface area contributed by atoms with Crippen LogP contribution in [0.1, 0.15) is 19.3 Å². The zero-order valence-electron chi connectivity index (χ0n) is 15.5. The average molecular weight is 402 g/mol. The van der Waals surface area contributed by atoms with Gasteiger partial charge in [0.15, 0.2) is 11.6 Å². The van der Waals surface area contributed by atoms with Crippen molar-refractivity contribution < 1.29 is 18.7 Å². The Morgan fingerprint density at radius 1 is 1.11 bits per heavy atom. The first-order valence-corrected chi connectivity index (χ1v) is 10.3. The number of ether oxygens (including phenoxy) is 1. The van der Waals surface area contributed by atoms with Crippen molar-refractivity contribution in [3.8, 4) is 5.75 Å². The molecule has 1 heterocycles. The number of amides is 2. The van der Waals surface area contributed by atoms with Crippen LogP contribution in [0, 0.1) is 5.82 Å². The summed E-state index contributed by atoms with van der Waals surface area (Å²) in [4.78, 5) is 27.4. The Morgan fingerprint density at radius 3 is 2.75 bits per heavy atom. The molecule has 7 heteroatoms. The fourth-order valence-electron chi connectivity index (χ4n) is 2.92. The second-order valence-corrected chi connectivity index (χ2v) is 7.48. The summed E-state index contributed by atoms with van der Waals surface area (Å²) in [5, 5.41) is 2.77. The number of nitrogens with one attached hydrogen (secondary N) is 1. The van der Waals surface area contributed by atoms with Crippen LogP contribution in [0.25, 0.3) is 0 Å². The van der Waals surface area contributed by atoms with Crippen LogP contribution >= 0.6 is 11.8 Å². The highest BCUT2D eigenvalue weighted by Gasteiger charge is 2.22. The third kappa shape index (κ3) is 5.48. The number of thioether (sulfide) groups is 1. The van der Waals surface area contributed by atoms with E-state index >= 15 is 0 Å². The predicted molar refractivity (Wildman–Crippen MR) is 108 cm³/mol. The van der Waals surface area contributed by atoms with Crippen LogP contribution in [-0.4, -0.2) is 37.3 Å². The molecule has 0 aliphatic carbocycles. The number of nitrogens with zero attached hydrogens (tertiary/aromatic N) is 1. The fourth-order valence-corrected chi connectivity index (χ4v) is 3.91. The molecule has 148 valence electrons. The molecule has 0 saturated carbocycles. The quantitative estimate of drug-likeness (QED) is 0.685. The molecular weight excluding hydrogens is 379 g/mol. The minimum absolute atomic E-state index is 0.0363. The molecular formula is C21H23FN2O3S. The average Bonchev–Trinajstić information content (AvgIpc) is 2.72. The molecule has 1 N–H and O–H groups in total. The number of carbonyl (C=O) groups excluding carboxylic acids is 2. The molecule has 5 nitrogen and oxygen atoms in total. The van der Waals surface area contributed by atoms with Gasteiger partial charge in [0, 0.05) is 36.6 Å². The first-order valence-electron chi connectivity index (χ1n) is 9.31. The van der Waals surface area contributed by atoms with Crippen LogP contribution < -0.4 is 15.0 Å². The Hall–Kier alpha value is -2.54. The Kier molecular flexibility index (Phi) is 7.31. The molecule has 28 heavy (non-hydrogen) atoms. The van der Waals surface area contributed by atoms with Gasteiger partial charge in [-0.25, -0.2) is 4.39 Å². The highest BCUT2D eigenvalue weighted by atomic mass is 32.2. The number of anilines is 1. The molecule has 0 aromatic heterocycles. The van der Waals surface area contributed by atoms with E-state index in [-0.39, 0.29) is 30.4 Å². The van der Waals surface area contributed by atoms with Crippen molar-refractivity contribution in [3.05, 3.63) is 54.3 Å². The maximum atomic E-state index is 13.4. The zero-order valence-corrected chi connectivity index (χ0v) is 16.3. The van der Waals surface area contributed by atoms with Gasteiger partial charge in [0.1, 0.15) is 0 Å². The summed E-state index contributed by atoms with van der Waals surface area (Å²) < 4.78 is 18.8. The Balaban J connectivity index is 1.35. The summed E-state index contributed by atoms with van der Waals surface area (Å²) in [7, 11) is 0. The van der Waals surface area contributed by atoms with E-state index in [1.807, 2.05) is 24.3 Å². The monoisotopic (exact) mass is 402 g/mol. The molecule has 2 aromatic rings. The van der Waals surface area contributed by atoms with Crippen LogP contribution in [0.5, 0.6) is 5.75 Å². The molecule has 1 aliphatic rings. The molecule has 3 rings (SSSR count). The number of carbonyl (C=O) groups is 2. The van der Waals surface area contributed by atoms with E-state index in [1.54, 1.807) is 34.9 Å². The zero-order chi connectivity index (χ0) is 19.8. The number of hydrogen-bond donors (Lipinski definition) is 1. The van der Waals surface area contributed by atoms with Crippen molar-refractivity contribution in [1.82, 2.24) is 5.32 Å². The van der Waals surface area contributed by atoms with Crippen molar-refractivity contribution in [3.63, 3.8) is 0 Å². The fraction of sp³-hybridized carbons (Fsp3) is 0.333. The summed E-state index contributed by atoms with van der Waals surface area (Å²) in [5.74, 6) is 0.462. The predicted octanol–water partition coefficient (Wildman–Crippen LogP) is 3.63. The van der Waals surface area contributed by atoms with E-state index in [0.717, 1.165) is 16.3 Å². The van der Waals surface area contributed by atoms with Gasteiger partial charge >= 0.3 is 0 Å². The summed E-state index contributed by atoms with van der Waals surface area (Å²) in [6.07, 6.45) is 0.889. The second kappa shape index (κ2) is 10.1. The third-order valence-electron chi connectivity index (χ3n) is 4.33. The van der Waals surface area contributed by atoms with Crippen LogP contribution in [0.4, 0.5) is 10.1 Å². The molecule has 0 fully saturated rings. The largest absolute Gasteiger partial charge is 0.490 e. The Bertz CT molecular complexity index is 831. The molecule has 2 aromatic carbocycles. The Labute approximate surface area is 168 Å². The first kappa shape index (κ1) is 20.2. The van der Waals surface area contributed by atoms with Crippen molar-refractivity contribution in [2.24, 2.45) is 0 Å². The molecule has 0 unspecified atom stereocenters. The Morgan fingerprint density at radius 2 is 1.89 bits per heavy atom. The van der Waals surface area contributed by atoms with Crippen molar-refractivity contribution in [2.75, 3.05) is 30.3 Å². The summed E-state index contributed by atoms with van der Waals surface area (Å²) in [6.45, 7) is 1.39. The van der Waals surface area contributed by atoms with Crippen molar-refractivity contribution in [2.45, 2.75) is 24.2 Å². The van der Waals surface area contributed by atoms with Gasteiger partial charge in [-0.1, -0.05) is 24.3 Å². The van der Waals surface area contributed by atoms with Crippen molar-refractivity contribution >= 4 is 29.3 Å². The van der Waals surface area contributed by atoms with Gasteiger partial charge < -0.3 is 15.0 Å². The van der Waals surface area contributed by atoms with Gasteiger partial charge in [0.2, 0.25) is 11.8 Å². The van der Waals surface area contributed by atoms with Crippen LogP contribution in [0.2, 0.25) is 0 Å². The van der Waals surface area contributed by atoms with Gasteiger partial charge in [-0.2, -0.15) is 0 Å². The first-order chi connectivity index (χ1) is 13.6. The lowest BCUT2D eigenvalue weighted by molar-refractivity contribution is -0.125. The number of para-hydroxylation sites is 2. The van der Waals surface area contributed by atoms with E-state index < -0.39 is 5.82 Å². The van der Waals surface area contributed by atoms with Gasteiger partial charge in [0.05, 0.1) is 12.3 Å². The molecule has 0 radical (unpaired) electrons.